The molecule has 0 fully saturated rings. The Morgan fingerprint density at radius 1 is 0.759 bits per heavy atom. The third-order valence-corrected chi connectivity index (χ3v) is 4.60. The van der Waals surface area contributed by atoms with Gasteiger partial charge in [-0.25, -0.2) is 4.79 Å². The summed E-state index contributed by atoms with van der Waals surface area (Å²) in [6.45, 7) is 4.34. The highest BCUT2D eigenvalue weighted by atomic mass is 16.5. The molecule has 0 saturated carbocycles. The van der Waals surface area contributed by atoms with Crippen LogP contribution in [0.2, 0.25) is 0 Å². The fourth-order valence-corrected chi connectivity index (χ4v) is 2.94. The minimum Gasteiger partial charge on any atom is -0.497 e. The minimum atomic E-state index is -0.343. The van der Waals surface area contributed by atoms with E-state index in [2.05, 4.69) is 42.7 Å². The van der Waals surface area contributed by atoms with E-state index in [1.807, 2.05) is 36.4 Å². The Hall–Kier alpha value is -3.47. The molecule has 3 rings (SSSR count). The first-order chi connectivity index (χ1) is 14.0. The van der Waals surface area contributed by atoms with Crippen LogP contribution in [0.3, 0.4) is 0 Å². The van der Waals surface area contributed by atoms with E-state index in [9.17, 15) is 4.79 Å². The Morgan fingerprint density at radius 3 is 1.72 bits per heavy atom. The van der Waals surface area contributed by atoms with Gasteiger partial charge in [0.2, 0.25) is 0 Å². The third-order valence-electron chi connectivity index (χ3n) is 4.60. The average Bonchev–Trinajstić information content (AvgIpc) is 2.74. The maximum atomic E-state index is 11.6. The Morgan fingerprint density at radius 2 is 1.28 bits per heavy atom. The zero-order valence-corrected chi connectivity index (χ0v) is 17.2. The van der Waals surface area contributed by atoms with Gasteiger partial charge < -0.3 is 20.1 Å². The summed E-state index contributed by atoms with van der Waals surface area (Å²) >= 11 is 0. The highest BCUT2D eigenvalue weighted by Gasteiger charge is 2.08. The highest BCUT2D eigenvalue weighted by Crippen LogP contribution is 2.29. The molecule has 0 aromatic heterocycles. The summed E-state index contributed by atoms with van der Waals surface area (Å²) < 4.78 is 9.97. The normalized spacial score (nSPS) is 10.5. The lowest BCUT2D eigenvalue weighted by atomic mass is 10.0. The van der Waals surface area contributed by atoms with E-state index in [0.717, 1.165) is 28.5 Å². The van der Waals surface area contributed by atoms with Crippen LogP contribution in [0.1, 0.15) is 35.7 Å². The standard InChI is InChI=1S/C24H26N2O3/c1-16(2)18-13-21(25-19-7-5-17(6-8-19)24(27)29-4)15-22(14-18)26-20-9-11-23(28-3)12-10-20/h5-16,25-26H,1-4H3. The molecular formula is C24H26N2O3. The molecule has 5 nitrogen and oxygen atoms in total. The van der Waals surface area contributed by atoms with Crippen molar-refractivity contribution in [3.63, 3.8) is 0 Å². The topological polar surface area (TPSA) is 59.6 Å². The second kappa shape index (κ2) is 9.15. The van der Waals surface area contributed by atoms with Crippen molar-refractivity contribution in [3.8, 4) is 5.75 Å². The van der Waals surface area contributed by atoms with Crippen LogP contribution in [0.4, 0.5) is 22.7 Å². The Balaban J connectivity index is 1.83. The lowest BCUT2D eigenvalue weighted by Crippen LogP contribution is -2.01. The number of anilines is 4. The van der Waals surface area contributed by atoms with Crippen molar-refractivity contribution in [1.29, 1.82) is 0 Å². The predicted octanol–water partition coefficient (Wildman–Crippen LogP) is 6.09. The minimum absolute atomic E-state index is 0.343. The molecular weight excluding hydrogens is 364 g/mol. The summed E-state index contributed by atoms with van der Waals surface area (Å²) in [7, 11) is 3.04. The van der Waals surface area contributed by atoms with Crippen LogP contribution < -0.4 is 15.4 Å². The van der Waals surface area contributed by atoms with Crippen molar-refractivity contribution in [1.82, 2.24) is 0 Å². The number of carbonyl (C=O) groups excluding carboxylic acids is 1. The molecule has 0 bridgehead atoms. The molecule has 2 N–H and O–H groups in total. The Bertz CT molecular complexity index is 964. The summed E-state index contributed by atoms with van der Waals surface area (Å²) in [6, 6.07) is 21.4. The van der Waals surface area contributed by atoms with Crippen molar-refractivity contribution < 1.29 is 14.3 Å². The Labute approximate surface area is 171 Å². The van der Waals surface area contributed by atoms with Crippen LogP contribution >= 0.6 is 0 Å². The van der Waals surface area contributed by atoms with Crippen LogP contribution in [0.25, 0.3) is 0 Å². The lowest BCUT2D eigenvalue weighted by molar-refractivity contribution is 0.0601. The first-order valence-corrected chi connectivity index (χ1v) is 9.50. The van der Waals surface area contributed by atoms with Crippen molar-refractivity contribution in [2.75, 3.05) is 24.9 Å². The van der Waals surface area contributed by atoms with Gasteiger partial charge in [-0.2, -0.15) is 0 Å². The molecule has 0 amide bonds. The second-order valence-electron chi connectivity index (χ2n) is 7.05. The number of hydrogen-bond donors (Lipinski definition) is 2. The van der Waals surface area contributed by atoms with Gasteiger partial charge in [0.05, 0.1) is 19.8 Å². The van der Waals surface area contributed by atoms with E-state index < -0.39 is 0 Å². The van der Waals surface area contributed by atoms with Gasteiger partial charge in [-0.05, 0) is 78.2 Å². The predicted molar refractivity (Wildman–Crippen MR) is 118 cm³/mol. The molecule has 0 aliphatic carbocycles. The summed E-state index contributed by atoms with van der Waals surface area (Å²) in [5.41, 5.74) is 5.59. The van der Waals surface area contributed by atoms with Gasteiger partial charge in [-0.1, -0.05) is 13.8 Å². The lowest BCUT2D eigenvalue weighted by Gasteiger charge is -2.15. The largest absolute Gasteiger partial charge is 0.497 e. The number of rotatable bonds is 7. The monoisotopic (exact) mass is 390 g/mol. The number of benzene rings is 3. The molecule has 0 saturated heterocycles. The van der Waals surface area contributed by atoms with Crippen LogP contribution in [0.5, 0.6) is 5.75 Å². The number of carbonyl (C=O) groups is 1. The molecule has 0 heterocycles. The molecule has 5 heteroatoms. The molecule has 0 atom stereocenters. The molecule has 0 aliphatic heterocycles. The van der Waals surface area contributed by atoms with Gasteiger partial charge in [0.1, 0.15) is 5.75 Å². The molecule has 0 spiro atoms. The zero-order chi connectivity index (χ0) is 20.8. The van der Waals surface area contributed by atoms with Crippen LogP contribution in [-0.2, 0) is 4.74 Å². The van der Waals surface area contributed by atoms with Crippen LogP contribution in [0.15, 0.2) is 66.7 Å². The van der Waals surface area contributed by atoms with Crippen molar-refractivity contribution in [2.24, 2.45) is 0 Å². The molecule has 0 radical (unpaired) electrons. The molecule has 3 aromatic carbocycles. The van der Waals surface area contributed by atoms with Gasteiger partial charge in [0.15, 0.2) is 0 Å². The number of esters is 1. The van der Waals surface area contributed by atoms with E-state index in [-0.39, 0.29) is 5.97 Å². The molecule has 3 aromatic rings. The van der Waals surface area contributed by atoms with Crippen molar-refractivity contribution in [3.05, 3.63) is 77.9 Å². The fraction of sp³-hybridized carbons (Fsp3) is 0.208. The first kappa shape index (κ1) is 20.3. The van der Waals surface area contributed by atoms with Crippen molar-refractivity contribution in [2.45, 2.75) is 19.8 Å². The van der Waals surface area contributed by atoms with E-state index in [1.165, 1.54) is 12.7 Å². The average molecular weight is 390 g/mol. The van der Waals surface area contributed by atoms with E-state index in [0.29, 0.717) is 11.5 Å². The van der Waals surface area contributed by atoms with E-state index in [4.69, 9.17) is 9.47 Å². The van der Waals surface area contributed by atoms with E-state index >= 15 is 0 Å². The smallest absolute Gasteiger partial charge is 0.337 e. The number of ether oxygens (including phenoxy) is 2. The SMILES string of the molecule is COC(=O)c1ccc(Nc2cc(Nc3ccc(OC)cc3)cc(C(C)C)c2)cc1. The Kier molecular flexibility index (Phi) is 6.39. The zero-order valence-electron chi connectivity index (χ0n) is 17.2. The van der Waals surface area contributed by atoms with Crippen LogP contribution in [0, 0.1) is 0 Å². The summed E-state index contributed by atoms with van der Waals surface area (Å²) in [4.78, 5) is 11.6. The quantitative estimate of drug-likeness (QED) is 0.478. The number of methoxy groups -OCH3 is 2. The van der Waals surface area contributed by atoms with Gasteiger partial charge in [0, 0.05) is 22.7 Å². The number of nitrogens with one attached hydrogen (secondary N) is 2. The summed E-state index contributed by atoms with van der Waals surface area (Å²) in [5, 5.41) is 6.87. The molecule has 150 valence electrons. The van der Waals surface area contributed by atoms with Gasteiger partial charge >= 0.3 is 5.97 Å². The summed E-state index contributed by atoms with van der Waals surface area (Å²) in [5.74, 6) is 0.864. The molecule has 0 aliphatic rings. The number of hydrogen-bond acceptors (Lipinski definition) is 5. The summed E-state index contributed by atoms with van der Waals surface area (Å²) in [6.07, 6.45) is 0. The second-order valence-corrected chi connectivity index (χ2v) is 7.05. The molecule has 29 heavy (non-hydrogen) atoms. The highest BCUT2D eigenvalue weighted by molar-refractivity contribution is 5.89. The van der Waals surface area contributed by atoms with Gasteiger partial charge in [-0.3, -0.25) is 0 Å². The van der Waals surface area contributed by atoms with Gasteiger partial charge in [0.25, 0.3) is 0 Å². The fourth-order valence-electron chi connectivity index (χ4n) is 2.94. The molecule has 0 unspecified atom stereocenters. The third kappa shape index (κ3) is 5.29. The van der Waals surface area contributed by atoms with Gasteiger partial charge in [-0.15, -0.1) is 0 Å². The maximum absolute atomic E-state index is 11.6. The maximum Gasteiger partial charge on any atom is 0.337 e. The van der Waals surface area contributed by atoms with E-state index in [1.54, 1.807) is 19.2 Å². The first-order valence-electron chi connectivity index (χ1n) is 9.50. The van der Waals surface area contributed by atoms with Crippen molar-refractivity contribution >= 4 is 28.7 Å². The van der Waals surface area contributed by atoms with Crippen LogP contribution in [-0.4, -0.2) is 20.2 Å².